The number of ether oxygens (including phenoxy) is 1. The second-order valence-electron chi connectivity index (χ2n) is 4.85. The van der Waals surface area contributed by atoms with Gasteiger partial charge < -0.3 is 10.1 Å². The Kier molecular flexibility index (Phi) is 4.85. The molecule has 1 aromatic carbocycles. The van der Waals surface area contributed by atoms with Crippen molar-refractivity contribution in [1.29, 1.82) is 0 Å². The summed E-state index contributed by atoms with van der Waals surface area (Å²) < 4.78 is 6.56. The molecule has 0 amide bonds. The van der Waals surface area contributed by atoms with Crippen molar-refractivity contribution in [3.8, 4) is 11.6 Å². The van der Waals surface area contributed by atoms with Gasteiger partial charge in [0.2, 0.25) is 5.82 Å². The van der Waals surface area contributed by atoms with E-state index in [4.69, 9.17) is 4.74 Å². The molecule has 25 heavy (non-hydrogen) atoms. The van der Waals surface area contributed by atoms with Crippen LogP contribution in [0.3, 0.4) is 0 Å². The van der Waals surface area contributed by atoms with Crippen LogP contribution in [-0.2, 0) is 0 Å². The van der Waals surface area contributed by atoms with Crippen LogP contribution in [0.5, 0.6) is 11.6 Å². The lowest BCUT2D eigenvalue weighted by molar-refractivity contribution is -0.385. The third-order valence-corrected chi connectivity index (χ3v) is 3.96. The Morgan fingerprint density at radius 3 is 2.92 bits per heavy atom. The Morgan fingerprint density at radius 1 is 1.32 bits per heavy atom. The van der Waals surface area contributed by atoms with Gasteiger partial charge in [-0.2, -0.15) is 4.98 Å². The minimum absolute atomic E-state index is 0.0595. The van der Waals surface area contributed by atoms with E-state index in [1.165, 1.54) is 6.33 Å². The Balaban J connectivity index is 2.08. The largest absolute Gasteiger partial charge is 0.431 e. The molecular formula is C16H12BrN5O3. The normalized spacial score (nSPS) is 10.4. The Hall–Kier alpha value is -3.07. The quantitative estimate of drug-likeness (QED) is 0.376. The maximum atomic E-state index is 11.5. The third-order valence-electron chi connectivity index (χ3n) is 3.27. The molecule has 0 spiro atoms. The van der Waals surface area contributed by atoms with Gasteiger partial charge in [-0.05, 0) is 18.2 Å². The molecule has 0 saturated carbocycles. The number of benzene rings is 1. The Morgan fingerprint density at radius 2 is 2.16 bits per heavy atom. The maximum Gasteiger partial charge on any atom is 0.373 e. The zero-order chi connectivity index (χ0) is 17.8. The number of fused-ring (bicyclic) bond motifs is 1. The van der Waals surface area contributed by atoms with Gasteiger partial charge in [0, 0.05) is 22.6 Å². The van der Waals surface area contributed by atoms with Crippen molar-refractivity contribution in [3.63, 3.8) is 0 Å². The van der Waals surface area contributed by atoms with Crippen molar-refractivity contribution in [2.75, 3.05) is 11.9 Å². The highest BCUT2D eigenvalue weighted by Crippen LogP contribution is 2.37. The molecule has 0 radical (unpaired) electrons. The number of halogens is 1. The Bertz CT molecular complexity index is 964. The first-order valence-electron chi connectivity index (χ1n) is 7.17. The molecule has 1 N–H and O–H groups in total. The van der Waals surface area contributed by atoms with Crippen LogP contribution in [0.15, 0.2) is 53.9 Å². The molecule has 126 valence electrons. The summed E-state index contributed by atoms with van der Waals surface area (Å²) in [6.45, 7) is 3.88. The highest BCUT2D eigenvalue weighted by Gasteiger charge is 2.25. The van der Waals surface area contributed by atoms with Gasteiger partial charge >= 0.3 is 11.6 Å². The molecule has 0 fully saturated rings. The number of nitro groups is 1. The van der Waals surface area contributed by atoms with Crippen molar-refractivity contribution in [3.05, 3.63) is 64.0 Å². The van der Waals surface area contributed by atoms with E-state index in [-0.39, 0.29) is 17.4 Å². The topological polar surface area (TPSA) is 103 Å². The van der Waals surface area contributed by atoms with Gasteiger partial charge in [0.1, 0.15) is 11.8 Å². The minimum Gasteiger partial charge on any atom is -0.431 e. The van der Waals surface area contributed by atoms with Crippen LogP contribution < -0.4 is 10.1 Å². The lowest BCUT2D eigenvalue weighted by Crippen LogP contribution is -2.06. The molecular weight excluding hydrogens is 390 g/mol. The van der Waals surface area contributed by atoms with Gasteiger partial charge in [-0.15, -0.1) is 6.58 Å². The van der Waals surface area contributed by atoms with Crippen LogP contribution in [0.2, 0.25) is 0 Å². The summed E-state index contributed by atoms with van der Waals surface area (Å²) in [7, 11) is 0. The first-order chi connectivity index (χ1) is 12.1. The van der Waals surface area contributed by atoms with Crippen molar-refractivity contribution < 1.29 is 9.66 Å². The first kappa shape index (κ1) is 16.8. The molecule has 0 aliphatic carbocycles. The number of nitrogens with zero attached hydrogens (tertiary/aromatic N) is 4. The number of rotatable bonds is 6. The van der Waals surface area contributed by atoms with E-state index in [9.17, 15) is 10.1 Å². The molecule has 0 unspecified atom stereocenters. The molecule has 0 atom stereocenters. The van der Waals surface area contributed by atoms with Crippen LogP contribution in [0.1, 0.15) is 0 Å². The lowest BCUT2D eigenvalue weighted by Gasteiger charge is -2.10. The van der Waals surface area contributed by atoms with E-state index < -0.39 is 4.92 Å². The highest BCUT2D eigenvalue weighted by molar-refractivity contribution is 9.10. The van der Waals surface area contributed by atoms with E-state index >= 15 is 0 Å². The first-order valence-corrected chi connectivity index (χ1v) is 7.96. The van der Waals surface area contributed by atoms with Gasteiger partial charge in [-0.3, -0.25) is 15.1 Å². The van der Waals surface area contributed by atoms with Crippen molar-refractivity contribution in [2.45, 2.75) is 0 Å². The summed E-state index contributed by atoms with van der Waals surface area (Å²) in [5, 5.41) is 15.1. The third kappa shape index (κ3) is 3.41. The molecule has 2 aromatic heterocycles. The minimum atomic E-state index is -0.588. The molecule has 3 aromatic rings. The molecule has 3 rings (SSSR count). The fourth-order valence-electron chi connectivity index (χ4n) is 2.20. The van der Waals surface area contributed by atoms with Crippen LogP contribution in [0.4, 0.5) is 11.5 Å². The van der Waals surface area contributed by atoms with E-state index in [0.717, 1.165) is 9.86 Å². The summed E-state index contributed by atoms with van der Waals surface area (Å²) in [6, 6.07) is 7.11. The number of hydrogen-bond donors (Lipinski definition) is 1. The number of nitrogens with one attached hydrogen (secondary N) is 1. The summed E-state index contributed by atoms with van der Waals surface area (Å²) in [4.78, 5) is 23.0. The number of hydrogen-bond acceptors (Lipinski definition) is 7. The van der Waals surface area contributed by atoms with Crippen molar-refractivity contribution >= 4 is 38.3 Å². The monoisotopic (exact) mass is 401 g/mol. The molecule has 0 aliphatic rings. The van der Waals surface area contributed by atoms with Gasteiger partial charge in [0.25, 0.3) is 0 Å². The van der Waals surface area contributed by atoms with Crippen molar-refractivity contribution in [2.24, 2.45) is 0 Å². The Labute approximate surface area is 150 Å². The SMILES string of the molecule is C=CCNc1ncnc(Oc2ccc(Br)c3cccnc23)c1[N+](=O)[O-]. The number of anilines is 1. The van der Waals surface area contributed by atoms with Crippen LogP contribution in [-0.4, -0.2) is 26.4 Å². The predicted octanol–water partition coefficient (Wildman–Crippen LogP) is 4.09. The van der Waals surface area contributed by atoms with Gasteiger partial charge in [0.15, 0.2) is 5.75 Å². The van der Waals surface area contributed by atoms with Crippen molar-refractivity contribution in [1.82, 2.24) is 15.0 Å². The number of pyridine rings is 1. The van der Waals surface area contributed by atoms with E-state index in [2.05, 4.69) is 42.8 Å². The lowest BCUT2D eigenvalue weighted by atomic mass is 10.2. The molecule has 0 bridgehead atoms. The predicted molar refractivity (Wildman–Crippen MR) is 96.9 cm³/mol. The molecule has 8 nitrogen and oxygen atoms in total. The molecule has 0 saturated heterocycles. The van der Waals surface area contributed by atoms with E-state index in [1.54, 1.807) is 30.5 Å². The van der Waals surface area contributed by atoms with Gasteiger partial charge in [0.05, 0.1) is 4.92 Å². The summed E-state index contributed by atoms with van der Waals surface area (Å²) in [5.74, 6) is 0.250. The van der Waals surface area contributed by atoms with Crippen LogP contribution in [0.25, 0.3) is 10.9 Å². The van der Waals surface area contributed by atoms with Gasteiger partial charge in [-0.1, -0.05) is 28.1 Å². The van der Waals surface area contributed by atoms with E-state index in [1.807, 2.05) is 6.07 Å². The van der Waals surface area contributed by atoms with Crippen LogP contribution >= 0.6 is 15.9 Å². The summed E-state index contributed by atoms with van der Waals surface area (Å²) in [6.07, 6.45) is 4.38. The average molecular weight is 402 g/mol. The fourth-order valence-corrected chi connectivity index (χ4v) is 2.65. The second kappa shape index (κ2) is 7.22. The summed E-state index contributed by atoms with van der Waals surface area (Å²) in [5.41, 5.74) is 0.210. The smallest absolute Gasteiger partial charge is 0.373 e. The average Bonchev–Trinajstić information content (AvgIpc) is 2.62. The molecule has 2 heterocycles. The number of aromatic nitrogens is 3. The maximum absolute atomic E-state index is 11.5. The zero-order valence-electron chi connectivity index (χ0n) is 12.8. The molecule has 9 heteroatoms. The van der Waals surface area contributed by atoms with E-state index in [0.29, 0.717) is 17.8 Å². The highest BCUT2D eigenvalue weighted by atomic mass is 79.9. The molecule has 0 aliphatic heterocycles. The van der Waals surface area contributed by atoms with Gasteiger partial charge in [-0.25, -0.2) is 4.98 Å². The fraction of sp³-hybridized carbons (Fsp3) is 0.0625. The zero-order valence-corrected chi connectivity index (χ0v) is 14.4. The summed E-state index contributed by atoms with van der Waals surface area (Å²) >= 11 is 3.45. The van der Waals surface area contributed by atoms with Crippen LogP contribution in [0, 0.1) is 10.1 Å². The standard InChI is InChI=1S/C16H12BrN5O3/c1-2-7-19-15-14(22(23)24)16(21-9-20-15)25-12-6-5-11(17)10-4-3-8-18-13(10)12/h2-6,8-9H,1,7H2,(H,19,20,21). The second-order valence-corrected chi connectivity index (χ2v) is 5.70.